The van der Waals surface area contributed by atoms with Crippen LogP contribution in [0, 0.1) is 19.7 Å². The van der Waals surface area contributed by atoms with E-state index in [1.807, 2.05) is 26.1 Å². The number of fused-ring (bicyclic) bond motifs is 1. The highest BCUT2D eigenvalue weighted by Gasteiger charge is 2.14. The van der Waals surface area contributed by atoms with Crippen molar-refractivity contribution in [3.8, 4) is 11.5 Å². The standard InChI is InChI=1S/C26H27FN6O3/c1-15-9-16(2)31-26(30-15)33-25(32-24(34)18-10-20(35-3)13-21(11-18)36-4)28-8-7-17-14-29-23-6-5-19(27)12-22(17)23/h5-6,9-14,29H,7-8H2,1-4H3,(H2,28,30,31,32,33,34). The maximum Gasteiger partial charge on any atom is 0.258 e. The number of nitrogens with zero attached hydrogens (tertiary/aromatic N) is 3. The van der Waals surface area contributed by atoms with Gasteiger partial charge in [-0.3, -0.25) is 20.4 Å². The molecule has 2 aromatic carbocycles. The Hall–Kier alpha value is -4.47. The third kappa shape index (κ3) is 5.96. The Kier molecular flexibility index (Phi) is 7.43. The van der Waals surface area contributed by atoms with E-state index in [0.717, 1.165) is 27.9 Å². The number of H-pyrrole nitrogens is 1. The topological polar surface area (TPSA) is 114 Å². The van der Waals surface area contributed by atoms with Crippen LogP contribution in [0.4, 0.5) is 10.3 Å². The predicted octanol–water partition coefficient (Wildman–Crippen LogP) is 4.17. The first-order valence-corrected chi connectivity index (χ1v) is 11.3. The van der Waals surface area contributed by atoms with Gasteiger partial charge in [-0.2, -0.15) is 0 Å². The molecule has 0 atom stereocenters. The Balaban J connectivity index is 1.58. The van der Waals surface area contributed by atoms with E-state index in [4.69, 9.17) is 9.47 Å². The van der Waals surface area contributed by atoms with Crippen LogP contribution in [0.15, 0.2) is 53.7 Å². The second kappa shape index (κ2) is 10.9. The van der Waals surface area contributed by atoms with Crippen LogP contribution in [0.25, 0.3) is 10.9 Å². The monoisotopic (exact) mass is 490 g/mol. The summed E-state index contributed by atoms with van der Waals surface area (Å²) < 4.78 is 24.3. The van der Waals surface area contributed by atoms with Gasteiger partial charge in [-0.05, 0) is 62.2 Å². The van der Waals surface area contributed by atoms with Crippen molar-refractivity contribution >= 4 is 28.7 Å². The Labute approximate surface area is 207 Å². The molecule has 0 bridgehead atoms. The maximum absolute atomic E-state index is 13.7. The molecule has 0 saturated heterocycles. The van der Waals surface area contributed by atoms with Gasteiger partial charge in [0.25, 0.3) is 5.91 Å². The summed E-state index contributed by atoms with van der Waals surface area (Å²) in [6, 6.07) is 11.3. The summed E-state index contributed by atoms with van der Waals surface area (Å²) in [6.07, 6.45) is 2.35. The van der Waals surface area contributed by atoms with Crippen molar-refractivity contribution in [1.29, 1.82) is 0 Å². The van der Waals surface area contributed by atoms with E-state index in [0.29, 0.717) is 36.0 Å². The molecule has 2 aromatic heterocycles. The van der Waals surface area contributed by atoms with Gasteiger partial charge in [0.1, 0.15) is 17.3 Å². The molecule has 0 spiro atoms. The van der Waals surface area contributed by atoms with Gasteiger partial charge < -0.3 is 14.5 Å². The number of aromatic amines is 1. The molecular formula is C26H27FN6O3. The predicted molar refractivity (Wildman–Crippen MR) is 136 cm³/mol. The van der Waals surface area contributed by atoms with Crippen LogP contribution >= 0.6 is 0 Å². The Morgan fingerprint density at radius 1 is 1.03 bits per heavy atom. The number of nitrogens with one attached hydrogen (secondary N) is 3. The highest BCUT2D eigenvalue weighted by atomic mass is 19.1. The molecule has 0 aliphatic rings. The first kappa shape index (κ1) is 24.6. The van der Waals surface area contributed by atoms with E-state index in [1.165, 1.54) is 26.4 Å². The number of methoxy groups -OCH3 is 2. The lowest BCUT2D eigenvalue weighted by Gasteiger charge is -2.13. The second-order valence-corrected chi connectivity index (χ2v) is 8.14. The van der Waals surface area contributed by atoms with E-state index in [1.54, 1.807) is 24.3 Å². The molecule has 3 N–H and O–H groups in total. The molecule has 1 amide bonds. The van der Waals surface area contributed by atoms with Gasteiger partial charge in [-0.1, -0.05) is 0 Å². The Morgan fingerprint density at radius 3 is 2.39 bits per heavy atom. The van der Waals surface area contributed by atoms with Crippen LogP contribution in [0.5, 0.6) is 11.5 Å². The summed E-state index contributed by atoms with van der Waals surface area (Å²) in [5.41, 5.74) is 3.63. The lowest BCUT2D eigenvalue weighted by molar-refractivity contribution is 0.0976. The first-order valence-electron chi connectivity index (χ1n) is 11.3. The molecule has 0 saturated carbocycles. The number of halogens is 1. The van der Waals surface area contributed by atoms with Crippen LogP contribution in [-0.4, -0.2) is 47.6 Å². The zero-order valence-corrected chi connectivity index (χ0v) is 20.5. The summed E-state index contributed by atoms with van der Waals surface area (Å²) >= 11 is 0. The number of aromatic nitrogens is 3. The number of guanidine groups is 1. The van der Waals surface area contributed by atoms with Crippen LogP contribution in [0.2, 0.25) is 0 Å². The zero-order valence-electron chi connectivity index (χ0n) is 20.5. The third-order valence-corrected chi connectivity index (χ3v) is 5.44. The van der Waals surface area contributed by atoms with Crippen molar-refractivity contribution in [1.82, 2.24) is 20.3 Å². The molecular weight excluding hydrogens is 463 g/mol. The summed E-state index contributed by atoms with van der Waals surface area (Å²) in [5, 5.41) is 6.60. The van der Waals surface area contributed by atoms with Crippen molar-refractivity contribution in [2.24, 2.45) is 4.99 Å². The van der Waals surface area contributed by atoms with E-state index < -0.39 is 5.91 Å². The molecule has 0 aliphatic heterocycles. The van der Waals surface area contributed by atoms with Crippen LogP contribution in [-0.2, 0) is 6.42 Å². The average Bonchev–Trinajstić information content (AvgIpc) is 3.24. The maximum atomic E-state index is 13.7. The number of hydrogen-bond acceptors (Lipinski definition) is 6. The Morgan fingerprint density at radius 2 is 1.72 bits per heavy atom. The average molecular weight is 491 g/mol. The number of anilines is 1. The van der Waals surface area contributed by atoms with E-state index >= 15 is 0 Å². The van der Waals surface area contributed by atoms with Gasteiger partial charge in [-0.15, -0.1) is 0 Å². The Bertz CT molecular complexity index is 1390. The quantitative estimate of drug-likeness (QED) is 0.265. The molecule has 4 aromatic rings. The van der Waals surface area contributed by atoms with Gasteiger partial charge in [0.15, 0.2) is 0 Å². The summed E-state index contributed by atoms with van der Waals surface area (Å²) in [4.78, 5) is 29.5. The summed E-state index contributed by atoms with van der Waals surface area (Å²) in [7, 11) is 3.03. The fourth-order valence-corrected chi connectivity index (χ4v) is 3.76. The van der Waals surface area contributed by atoms with Crippen molar-refractivity contribution in [2.45, 2.75) is 20.3 Å². The molecule has 2 heterocycles. The van der Waals surface area contributed by atoms with Crippen LogP contribution in [0.3, 0.4) is 0 Å². The smallest absolute Gasteiger partial charge is 0.258 e. The van der Waals surface area contributed by atoms with Crippen molar-refractivity contribution in [3.05, 3.63) is 77.0 Å². The van der Waals surface area contributed by atoms with Gasteiger partial charge in [0, 0.05) is 46.7 Å². The van der Waals surface area contributed by atoms with Crippen LogP contribution < -0.4 is 20.1 Å². The molecule has 10 heteroatoms. The molecule has 186 valence electrons. The number of carbonyl (C=O) groups is 1. The molecule has 0 radical (unpaired) electrons. The number of benzene rings is 2. The van der Waals surface area contributed by atoms with Gasteiger partial charge >= 0.3 is 0 Å². The number of amides is 1. The molecule has 4 rings (SSSR count). The minimum atomic E-state index is -0.419. The second-order valence-electron chi connectivity index (χ2n) is 8.14. The lowest BCUT2D eigenvalue weighted by atomic mass is 10.1. The van der Waals surface area contributed by atoms with Crippen molar-refractivity contribution in [2.75, 3.05) is 26.1 Å². The molecule has 0 fully saturated rings. The van der Waals surface area contributed by atoms with E-state index in [-0.39, 0.29) is 11.8 Å². The fourth-order valence-electron chi connectivity index (χ4n) is 3.76. The van der Waals surface area contributed by atoms with Gasteiger partial charge in [0.05, 0.1) is 14.2 Å². The molecule has 0 aliphatic carbocycles. The summed E-state index contributed by atoms with van der Waals surface area (Å²) in [6.45, 7) is 4.03. The lowest BCUT2D eigenvalue weighted by Crippen LogP contribution is -2.37. The van der Waals surface area contributed by atoms with Crippen LogP contribution in [0.1, 0.15) is 27.3 Å². The van der Waals surface area contributed by atoms with Crippen molar-refractivity contribution < 1.29 is 18.7 Å². The highest BCUT2D eigenvalue weighted by molar-refractivity contribution is 6.09. The number of aliphatic imine (C=N–C) groups is 1. The van der Waals surface area contributed by atoms with E-state index in [9.17, 15) is 9.18 Å². The number of aryl methyl sites for hydroxylation is 2. The largest absolute Gasteiger partial charge is 0.497 e. The number of hydrogen-bond donors (Lipinski definition) is 3. The highest BCUT2D eigenvalue weighted by Crippen LogP contribution is 2.23. The minimum absolute atomic E-state index is 0.179. The first-order chi connectivity index (χ1) is 17.3. The fraction of sp³-hybridized carbons (Fsp3) is 0.231. The van der Waals surface area contributed by atoms with Crippen molar-refractivity contribution in [3.63, 3.8) is 0 Å². The van der Waals surface area contributed by atoms with E-state index in [2.05, 4.69) is 30.6 Å². The number of ether oxygens (including phenoxy) is 2. The van der Waals surface area contributed by atoms with Gasteiger partial charge in [-0.25, -0.2) is 14.4 Å². The molecule has 0 unspecified atom stereocenters. The SMILES string of the molecule is COc1cc(OC)cc(C(=O)NC(=NCCc2c[nH]c3ccc(F)cc23)Nc2nc(C)cc(C)n2)c1. The molecule has 9 nitrogen and oxygen atoms in total. The number of rotatable bonds is 7. The number of carbonyl (C=O) groups excluding carboxylic acids is 1. The normalized spacial score (nSPS) is 11.4. The minimum Gasteiger partial charge on any atom is -0.497 e. The third-order valence-electron chi connectivity index (χ3n) is 5.44. The zero-order chi connectivity index (χ0) is 25.7. The molecule has 36 heavy (non-hydrogen) atoms. The van der Waals surface area contributed by atoms with Gasteiger partial charge in [0.2, 0.25) is 11.9 Å². The summed E-state index contributed by atoms with van der Waals surface area (Å²) in [5.74, 6) is 0.728.